The van der Waals surface area contributed by atoms with Crippen LogP contribution in [-0.4, -0.2) is 9.97 Å². The highest BCUT2D eigenvalue weighted by atomic mass is 32.1. The number of hydrogen-bond acceptors (Lipinski definition) is 5. The zero-order chi connectivity index (χ0) is 13.2. The predicted octanol–water partition coefficient (Wildman–Crippen LogP) is 4.02. The molecule has 5 heteroatoms. The summed E-state index contributed by atoms with van der Waals surface area (Å²) in [5.74, 6) is 0.777. The first-order valence-corrected chi connectivity index (χ1v) is 7.24. The number of nitrogens with one attached hydrogen (secondary N) is 1. The first kappa shape index (κ1) is 12.2. The number of benzene rings is 1. The highest BCUT2D eigenvalue weighted by molar-refractivity contribution is 7.07. The Kier molecular flexibility index (Phi) is 3.21. The minimum atomic E-state index is 0.182. The number of anilines is 1. The van der Waals surface area contributed by atoms with E-state index >= 15 is 0 Å². The minimum Gasteiger partial charge on any atom is -0.441 e. The van der Waals surface area contributed by atoms with Crippen LogP contribution in [0.1, 0.15) is 31.5 Å². The van der Waals surface area contributed by atoms with Gasteiger partial charge in [-0.05, 0) is 25.1 Å². The van der Waals surface area contributed by atoms with Crippen LogP contribution >= 0.6 is 11.3 Å². The second kappa shape index (κ2) is 5.01. The molecule has 1 N–H and O–H groups in total. The van der Waals surface area contributed by atoms with Crippen LogP contribution in [0.2, 0.25) is 0 Å². The van der Waals surface area contributed by atoms with Crippen LogP contribution in [0.15, 0.2) is 33.5 Å². The van der Waals surface area contributed by atoms with Gasteiger partial charge >= 0.3 is 0 Å². The van der Waals surface area contributed by atoms with E-state index in [0.29, 0.717) is 0 Å². The third kappa shape index (κ3) is 2.46. The summed E-state index contributed by atoms with van der Waals surface area (Å²) in [6.45, 7) is 4.13. The Morgan fingerprint density at radius 2 is 2.32 bits per heavy atom. The fourth-order valence-electron chi connectivity index (χ4n) is 1.98. The van der Waals surface area contributed by atoms with Crippen molar-refractivity contribution in [3.8, 4) is 0 Å². The van der Waals surface area contributed by atoms with Crippen molar-refractivity contribution in [1.82, 2.24) is 9.97 Å². The van der Waals surface area contributed by atoms with Crippen molar-refractivity contribution in [1.29, 1.82) is 0 Å². The summed E-state index contributed by atoms with van der Waals surface area (Å²) in [5.41, 5.74) is 5.67. The molecule has 2 heterocycles. The smallest absolute Gasteiger partial charge is 0.195 e. The van der Waals surface area contributed by atoms with E-state index in [1.165, 1.54) is 0 Å². The Morgan fingerprint density at radius 1 is 1.42 bits per heavy atom. The van der Waals surface area contributed by atoms with Gasteiger partial charge in [0.25, 0.3) is 0 Å². The summed E-state index contributed by atoms with van der Waals surface area (Å²) in [6, 6.07) is 6.16. The largest absolute Gasteiger partial charge is 0.441 e. The number of thiazole rings is 1. The summed E-state index contributed by atoms with van der Waals surface area (Å²) in [7, 11) is 0. The van der Waals surface area contributed by atoms with Crippen molar-refractivity contribution in [3.63, 3.8) is 0 Å². The van der Waals surface area contributed by atoms with Crippen molar-refractivity contribution in [2.24, 2.45) is 0 Å². The molecule has 0 aliphatic rings. The maximum Gasteiger partial charge on any atom is 0.195 e. The fourth-order valence-corrected chi connectivity index (χ4v) is 2.62. The van der Waals surface area contributed by atoms with Crippen LogP contribution in [0.5, 0.6) is 0 Å². The van der Waals surface area contributed by atoms with Gasteiger partial charge in [-0.3, -0.25) is 0 Å². The molecule has 0 bridgehead atoms. The molecule has 1 aromatic carbocycles. The normalized spacial score (nSPS) is 12.7. The molecule has 0 fully saturated rings. The Labute approximate surface area is 115 Å². The van der Waals surface area contributed by atoms with Gasteiger partial charge in [0.15, 0.2) is 11.5 Å². The van der Waals surface area contributed by atoms with Crippen LogP contribution in [0, 0.1) is 0 Å². The lowest BCUT2D eigenvalue weighted by molar-refractivity contribution is 0.538. The SMILES string of the molecule is CCc1nc2cc(NC(C)c3cscn3)ccc2o1. The molecule has 2 aromatic heterocycles. The van der Waals surface area contributed by atoms with Gasteiger partial charge < -0.3 is 9.73 Å². The summed E-state index contributed by atoms with van der Waals surface area (Å²) >= 11 is 1.61. The molecule has 4 nitrogen and oxygen atoms in total. The van der Waals surface area contributed by atoms with Crippen LogP contribution in [0.25, 0.3) is 11.1 Å². The molecule has 1 unspecified atom stereocenters. The van der Waals surface area contributed by atoms with E-state index in [0.717, 1.165) is 34.8 Å². The molecule has 19 heavy (non-hydrogen) atoms. The van der Waals surface area contributed by atoms with Crippen molar-refractivity contribution in [2.45, 2.75) is 26.3 Å². The van der Waals surface area contributed by atoms with E-state index in [9.17, 15) is 0 Å². The highest BCUT2D eigenvalue weighted by Crippen LogP contribution is 2.23. The Bertz CT molecular complexity index is 675. The van der Waals surface area contributed by atoms with Gasteiger partial charge in [-0.1, -0.05) is 6.92 Å². The first-order valence-electron chi connectivity index (χ1n) is 6.30. The lowest BCUT2D eigenvalue weighted by Crippen LogP contribution is -2.06. The van der Waals surface area contributed by atoms with E-state index in [-0.39, 0.29) is 6.04 Å². The number of oxazole rings is 1. The molecule has 1 atom stereocenters. The maximum atomic E-state index is 5.60. The number of nitrogens with zero attached hydrogens (tertiary/aromatic N) is 2. The monoisotopic (exact) mass is 273 g/mol. The summed E-state index contributed by atoms with van der Waals surface area (Å²) in [5, 5.41) is 5.48. The van der Waals surface area contributed by atoms with E-state index in [4.69, 9.17) is 4.42 Å². The quantitative estimate of drug-likeness (QED) is 0.780. The maximum absolute atomic E-state index is 5.60. The molecular weight excluding hydrogens is 258 g/mol. The van der Waals surface area contributed by atoms with Crippen LogP contribution in [0.4, 0.5) is 5.69 Å². The summed E-state index contributed by atoms with van der Waals surface area (Å²) in [6.07, 6.45) is 0.812. The second-order valence-electron chi connectivity index (χ2n) is 4.42. The van der Waals surface area contributed by atoms with Gasteiger partial charge in [0.1, 0.15) is 5.52 Å². The zero-order valence-electron chi connectivity index (χ0n) is 10.9. The van der Waals surface area contributed by atoms with Gasteiger partial charge in [0, 0.05) is 17.5 Å². The van der Waals surface area contributed by atoms with Crippen LogP contribution in [-0.2, 0) is 6.42 Å². The van der Waals surface area contributed by atoms with Crippen molar-refractivity contribution in [3.05, 3.63) is 40.7 Å². The molecule has 0 saturated heterocycles. The molecule has 0 saturated carbocycles. The summed E-state index contributed by atoms with van der Waals surface area (Å²) < 4.78 is 5.60. The standard InChI is InChI=1S/C14H15N3OS/c1-3-14-17-11-6-10(4-5-13(11)18-14)16-9(2)12-7-19-8-15-12/h4-9,16H,3H2,1-2H3. The molecule has 0 aliphatic heterocycles. The number of aromatic nitrogens is 2. The molecule has 0 aliphatic carbocycles. The minimum absolute atomic E-state index is 0.182. The predicted molar refractivity (Wildman–Crippen MR) is 77.5 cm³/mol. The number of rotatable bonds is 4. The molecule has 3 rings (SSSR count). The average Bonchev–Trinajstić information content (AvgIpc) is 3.07. The highest BCUT2D eigenvalue weighted by Gasteiger charge is 2.09. The molecule has 0 spiro atoms. The van der Waals surface area contributed by atoms with Crippen LogP contribution in [0.3, 0.4) is 0 Å². The molecule has 0 amide bonds. The summed E-state index contributed by atoms with van der Waals surface area (Å²) in [4.78, 5) is 8.76. The molecule has 3 aromatic rings. The molecule has 98 valence electrons. The Balaban J connectivity index is 1.85. The Morgan fingerprint density at radius 3 is 3.05 bits per heavy atom. The Hall–Kier alpha value is -1.88. The van der Waals surface area contributed by atoms with E-state index in [1.54, 1.807) is 11.3 Å². The van der Waals surface area contributed by atoms with Crippen LogP contribution < -0.4 is 5.32 Å². The van der Waals surface area contributed by atoms with E-state index in [2.05, 4.69) is 27.6 Å². The molecule has 0 radical (unpaired) electrons. The lowest BCUT2D eigenvalue weighted by Gasteiger charge is -2.12. The second-order valence-corrected chi connectivity index (χ2v) is 5.14. The first-order chi connectivity index (χ1) is 9.26. The number of hydrogen-bond donors (Lipinski definition) is 1. The fraction of sp³-hybridized carbons (Fsp3) is 0.286. The third-order valence-corrected chi connectivity index (χ3v) is 3.62. The van der Waals surface area contributed by atoms with E-state index in [1.807, 2.05) is 30.6 Å². The van der Waals surface area contributed by atoms with Crippen molar-refractivity contribution in [2.75, 3.05) is 5.32 Å². The van der Waals surface area contributed by atoms with Gasteiger partial charge in [0.2, 0.25) is 0 Å². The average molecular weight is 273 g/mol. The van der Waals surface area contributed by atoms with Gasteiger partial charge in [-0.15, -0.1) is 11.3 Å². The third-order valence-electron chi connectivity index (χ3n) is 3.01. The van der Waals surface area contributed by atoms with Gasteiger partial charge in [0.05, 0.1) is 17.2 Å². The zero-order valence-corrected chi connectivity index (χ0v) is 11.7. The van der Waals surface area contributed by atoms with Crippen molar-refractivity contribution < 1.29 is 4.42 Å². The van der Waals surface area contributed by atoms with E-state index < -0.39 is 0 Å². The molecular formula is C14H15N3OS. The lowest BCUT2D eigenvalue weighted by atomic mass is 10.2. The topological polar surface area (TPSA) is 51.0 Å². The number of aryl methyl sites for hydroxylation is 1. The van der Waals surface area contributed by atoms with Gasteiger partial charge in [-0.25, -0.2) is 9.97 Å². The van der Waals surface area contributed by atoms with Gasteiger partial charge in [-0.2, -0.15) is 0 Å². The number of fused-ring (bicyclic) bond motifs is 1. The van der Waals surface area contributed by atoms with Crippen molar-refractivity contribution >= 4 is 28.1 Å².